The largest absolute Gasteiger partial charge is 0.451 e. The highest BCUT2D eigenvalue weighted by molar-refractivity contribution is 6.40. The third kappa shape index (κ3) is 10.9. The van der Waals surface area contributed by atoms with Gasteiger partial charge in [-0.1, -0.05) is 32.4 Å². The summed E-state index contributed by atoms with van der Waals surface area (Å²) in [6, 6.07) is 9.85. The molecule has 3 aliphatic rings. The van der Waals surface area contributed by atoms with Gasteiger partial charge in [-0.2, -0.15) is 0 Å². The van der Waals surface area contributed by atoms with Gasteiger partial charge in [-0.3, -0.25) is 42.5 Å². The van der Waals surface area contributed by atoms with E-state index in [9.17, 15) is 28.8 Å². The Morgan fingerprint density at radius 3 is 1.13 bits per heavy atom. The second-order valence-corrected chi connectivity index (χ2v) is 17.7. The van der Waals surface area contributed by atoms with E-state index in [-0.39, 0.29) is 50.8 Å². The number of pyridine rings is 3. The summed E-state index contributed by atoms with van der Waals surface area (Å²) in [5.74, 6) is 0.735. The highest BCUT2D eigenvalue weighted by Gasteiger charge is 2.40. The van der Waals surface area contributed by atoms with Crippen LogP contribution in [-0.4, -0.2) is 78.5 Å². The number of carbonyl (C=O) groups is 3. The summed E-state index contributed by atoms with van der Waals surface area (Å²) >= 11 is 6.14. The predicted octanol–water partition coefficient (Wildman–Crippen LogP) is 3.71. The minimum atomic E-state index is -1.12. The molecule has 0 unspecified atom stereocenters. The first-order valence-electron chi connectivity index (χ1n) is 22.0. The van der Waals surface area contributed by atoms with Crippen LogP contribution < -0.4 is 48.6 Å². The molecule has 9 heterocycles. The topological polar surface area (TPSA) is 307 Å². The highest BCUT2D eigenvalue weighted by Crippen LogP contribution is 2.30. The zero-order valence-corrected chi connectivity index (χ0v) is 40.6. The van der Waals surface area contributed by atoms with E-state index in [0.717, 1.165) is 11.1 Å². The summed E-state index contributed by atoms with van der Waals surface area (Å²) in [6.07, 6.45) is 10.6. The summed E-state index contributed by atoms with van der Waals surface area (Å²) in [5.41, 5.74) is 0.499. The predicted molar refractivity (Wildman–Crippen MR) is 263 cm³/mol. The van der Waals surface area contributed by atoms with Crippen molar-refractivity contribution in [1.82, 2.24) is 59.6 Å². The number of halogens is 1. The summed E-state index contributed by atoms with van der Waals surface area (Å²) in [5, 5.41) is 33.3. The van der Waals surface area contributed by atoms with Crippen molar-refractivity contribution >= 4 is 71.0 Å². The van der Waals surface area contributed by atoms with Gasteiger partial charge in [0.25, 0.3) is 34.4 Å². The van der Waals surface area contributed by atoms with Crippen LogP contribution >= 0.6 is 11.6 Å². The standard InChI is InChI=1S/2C15H17N5O2.C13H12ClN5O2.C2H7BO2/c2*1-4-9-7-10(18-11-5-6-16-8-17-11)14(22)20-12(9)13(21)19-15(20,2)3;1-13(2)18-11(20)10-7(14)5-8(12(21)19(10)13)17-9-3-4-15-6-16-9;1-2-3(4)5/h2*5-8H,4H2,1-3H3,(H,19,21)(H,16,17,18);3-6H,1-2H3,(H,18,20)(H,15,16,17);4-5H,2H2,1H3. The number of amides is 3. The fraction of sp³-hybridized carbons (Fsp3) is 0.333. The minimum absolute atomic E-state index is 0.167. The van der Waals surface area contributed by atoms with Crippen molar-refractivity contribution in [2.24, 2.45) is 0 Å². The number of anilines is 6. The van der Waals surface area contributed by atoms with Crippen LogP contribution in [0.25, 0.3) is 0 Å². The first-order chi connectivity index (χ1) is 33.0. The third-order valence-electron chi connectivity index (χ3n) is 11.0. The van der Waals surface area contributed by atoms with Crippen molar-refractivity contribution in [3.05, 3.63) is 138 Å². The van der Waals surface area contributed by atoms with Gasteiger partial charge in [0.2, 0.25) is 0 Å². The van der Waals surface area contributed by atoms with Gasteiger partial charge in [0, 0.05) is 18.6 Å². The van der Waals surface area contributed by atoms with E-state index in [1.54, 1.807) is 97.4 Å². The van der Waals surface area contributed by atoms with E-state index in [2.05, 4.69) is 61.8 Å². The quantitative estimate of drug-likeness (QED) is 0.0958. The maximum Gasteiger partial charge on any atom is 0.451 e. The van der Waals surface area contributed by atoms with Crippen LogP contribution in [0.3, 0.4) is 0 Å². The van der Waals surface area contributed by atoms with Gasteiger partial charge < -0.3 is 41.9 Å². The monoisotopic (exact) mass is 977 g/mol. The third-order valence-corrected chi connectivity index (χ3v) is 11.2. The Labute approximate surface area is 406 Å². The number of aryl methyl sites for hydroxylation is 2. The fourth-order valence-corrected chi connectivity index (χ4v) is 8.00. The summed E-state index contributed by atoms with van der Waals surface area (Å²) in [7, 11) is -1.12. The van der Waals surface area contributed by atoms with E-state index in [1.165, 1.54) is 38.7 Å². The number of carbonyl (C=O) groups excluding carboxylic acids is 3. The first-order valence-corrected chi connectivity index (χ1v) is 22.4. The maximum absolute atomic E-state index is 12.8. The lowest BCUT2D eigenvalue weighted by molar-refractivity contribution is 0.0925. The zero-order chi connectivity index (χ0) is 51.3. The second-order valence-electron chi connectivity index (χ2n) is 17.3. The number of aromatic nitrogens is 9. The molecular weight excluding hydrogens is 925 g/mol. The number of nitrogens with zero attached hydrogens (tertiary/aromatic N) is 9. The van der Waals surface area contributed by atoms with Gasteiger partial charge in [-0.25, -0.2) is 29.9 Å². The van der Waals surface area contributed by atoms with E-state index in [1.807, 2.05) is 13.8 Å². The van der Waals surface area contributed by atoms with Gasteiger partial charge in [0.05, 0.1) is 5.02 Å². The van der Waals surface area contributed by atoms with E-state index < -0.39 is 24.1 Å². The molecule has 0 radical (unpaired) electrons. The average molecular weight is 978 g/mol. The molecule has 23 nitrogen and oxygen atoms in total. The van der Waals surface area contributed by atoms with Crippen LogP contribution in [0.4, 0.5) is 34.5 Å². The SMILES string of the molecule is CC1(C)NC(=O)c2c(Cl)cc(Nc3ccncn3)c(=O)n21.CCB(O)O.CCc1cc(Nc2ccncn2)c(=O)n2c1C(=O)NC2(C)C.CCc1cc(Nc2ccncn2)c(=O)n2c1C(=O)NC2(C)C. The molecule has 0 fully saturated rings. The Hall–Kier alpha value is -7.83. The van der Waals surface area contributed by atoms with Gasteiger partial charge in [0.15, 0.2) is 0 Å². The molecular formula is C45H53BClN15O8. The van der Waals surface area contributed by atoms with Crippen LogP contribution in [0.2, 0.25) is 11.3 Å². The molecule has 25 heteroatoms. The molecule has 3 aliphatic heterocycles. The van der Waals surface area contributed by atoms with E-state index in [4.69, 9.17) is 21.6 Å². The molecule has 6 aromatic heterocycles. The van der Waals surface area contributed by atoms with Crippen LogP contribution in [0.5, 0.6) is 0 Å². The van der Waals surface area contributed by atoms with E-state index in [0.29, 0.717) is 59.4 Å². The Morgan fingerprint density at radius 1 is 0.543 bits per heavy atom. The Bertz CT molecular complexity index is 2980. The normalized spacial score (nSPS) is 14.8. The molecule has 0 aromatic carbocycles. The van der Waals surface area contributed by atoms with Crippen molar-refractivity contribution in [2.75, 3.05) is 16.0 Å². The van der Waals surface area contributed by atoms with Crippen molar-refractivity contribution < 1.29 is 24.4 Å². The molecule has 8 N–H and O–H groups in total. The van der Waals surface area contributed by atoms with Gasteiger partial charge in [-0.15, -0.1) is 0 Å². The molecule has 0 bridgehead atoms. The minimum Gasteiger partial charge on any atom is -0.427 e. The highest BCUT2D eigenvalue weighted by atomic mass is 35.5. The summed E-state index contributed by atoms with van der Waals surface area (Å²) in [6.45, 7) is 16.3. The summed E-state index contributed by atoms with van der Waals surface area (Å²) < 4.78 is 4.37. The zero-order valence-electron chi connectivity index (χ0n) is 39.9. The molecule has 0 spiro atoms. The average Bonchev–Trinajstić information content (AvgIpc) is 3.84. The van der Waals surface area contributed by atoms with Crippen LogP contribution in [0, 0.1) is 0 Å². The Morgan fingerprint density at radius 2 is 0.843 bits per heavy atom. The maximum atomic E-state index is 12.8. The summed E-state index contributed by atoms with van der Waals surface area (Å²) in [4.78, 5) is 98.0. The van der Waals surface area contributed by atoms with E-state index >= 15 is 0 Å². The van der Waals surface area contributed by atoms with Crippen molar-refractivity contribution in [1.29, 1.82) is 0 Å². The second kappa shape index (κ2) is 20.8. The Kier molecular flexibility index (Phi) is 15.3. The lowest BCUT2D eigenvalue weighted by Gasteiger charge is -2.22. The molecule has 0 saturated carbocycles. The van der Waals surface area contributed by atoms with Crippen LogP contribution in [0.15, 0.2) is 88.4 Å². The van der Waals surface area contributed by atoms with Gasteiger partial charge in [-0.05, 0) is 108 Å². The molecule has 0 atom stereocenters. The lowest BCUT2D eigenvalue weighted by Crippen LogP contribution is -2.42. The molecule has 9 rings (SSSR count). The smallest absolute Gasteiger partial charge is 0.427 e. The van der Waals surface area contributed by atoms with Crippen LogP contribution in [-0.2, 0) is 29.8 Å². The molecule has 70 heavy (non-hydrogen) atoms. The Balaban J connectivity index is 0.000000164. The van der Waals surface area contributed by atoms with Crippen molar-refractivity contribution in [3.8, 4) is 0 Å². The molecule has 0 aliphatic carbocycles. The van der Waals surface area contributed by atoms with Crippen LogP contribution in [0.1, 0.15) is 105 Å². The number of hydrogen-bond acceptors (Lipinski definition) is 17. The molecule has 6 aromatic rings. The number of hydrogen-bond donors (Lipinski definition) is 8. The molecule has 0 saturated heterocycles. The number of rotatable bonds is 9. The lowest BCUT2D eigenvalue weighted by atomic mass is 9.88. The molecule has 3 amide bonds. The van der Waals surface area contributed by atoms with Gasteiger partial charge >= 0.3 is 7.12 Å². The van der Waals surface area contributed by atoms with Crippen molar-refractivity contribution in [2.45, 2.75) is 98.5 Å². The van der Waals surface area contributed by atoms with Gasteiger partial charge in [0.1, 0.15) is 87.6 Å². The number of nitrogens with one attached hydrogen (secondary N) is 6. The molecule has 366 valence electrons. The van der Waals surface area contributed by atoms with Crippen molar-refractivity contribution in [3.63, 3.8) is 0 Å². The fourth-order valence-electron chi connectivity index (χ4n) is 7.72. The number of fused-ring (bicyclic) bond motifs is 3. The first kappa shape index (κ1) is 51.6.